The van der Waals surface area contributed by atoms with Crippen molar-refractivity contribution in [2.24, 2.45) is 0 Å². The number of aliphatic hydroxyl groups excluding tert-OH is 1. The van der Waals surface area contributed by atoms with Crippen LogP contribution in [0.5, 0.6) is 11.5 Å². The molecule has 43 heavy (non-hydrogen) atoms. The molecule has 1 aliphatic heterocycles. The average molecular weight is 640 g/mol. The van der Waals surface area contributed by atoms with Gasteiger partial charge in [0.25, 0.3) is 5.78 Å². The van der Waals surface area contributed by atoms with Gasteiger partial charge in [-0.25, -0.2) is 4.39 Å². The van der Waals surface area contributed by atoms with Gasteiger partial charge in [0, 0.05) is 16.3 Å². The number of Topliss-reactive ketones (excluding diaryl/α,β-unsaturated/α-hetero) is 1. The van der Waals surface area contributed by atoms with Gasteiger partial charge in [-0.3, -0.25) is 14.5 Å². The van der Waals surface area contributed by atoms with Gasteiger partial charge in [0.05, 0.1) is 24.8 Å². The van der Waals surface area contributed by atoms with Crippen LogP contribution in [0, 0.1) is 5.82 Å². The predicted molar refractivity (Wildman–Crippen MR) is 166 cm³/mol. The third-order valence-electron chi connectivity index (χ3n) is 6.52. The van der Waals surface area contributed by atoms with Crippen molar-refractivity contribution in [2.45, 2.75) is 36.4 Å². The second-order valence-corrected chi connectivity index (χ2v) is 12.0. The molecule has 0 spiro atoms. The maximum Gasteiger partial charge on any atom is 0.301 e. The van der Waals surface area contributed by atoms with Crippen LogP contribution in [0.4, 0.5) is 9.52 Å². The Morgan fingerprint density at radius 2 is 1.81 bits per heavy atom. The highest BCUT2D eigenvalue weighted by molar-refractivity contribution is 8.00. The summed E-state index contributed by atoms with van der Waals surface area (Å²) < 4.78 is 25.9. The number of amides is 1. The molecule has 8 nitrogen and oxygen atoms in total. The van der Waals surface area contributed by atoms with Crippen molar-refractivity contribution in [1.82, 2.24) is 10.2 Å². The normalized spacial score (nSPS) is 16.1. The summed E-state index contributed by atoms with van der Waals surface area (Å²) in [6.07, 6.45) is 0.791. The fourth-order valence-corrected chi connectivity index (χ4v) is 6.67. The highest BCUT2D eigenvalue weighted by atomic mass is 35.5. The molecule has 222 valence electrons. The van der Waals surface area contributed by atoms with Crippen molar-refractivity contribution in [2.75, 3.05) is 18.1 Å². The van der Waals surface area contributed by atoms with E-state index in [0.29, 0.717) is 45.4 Å². The molecule has 0 aliphatic carbocycles. The molecule has 0 saturated carbocycles. The van der Waals surface area contributed by atoms with Crippen LogP contribution in [-0.2, 0) is 15.3 Å². The highest BCUT2D eigenvalue weighted by Gasteiger charge is 2.48. The number of anilines is 1. The molecule has 1 aromatic heterocycles. The number of benzene rings is 3. The Labute approximate surface area is 261 Å². The zero-order valence-electron chi connectivity index (χ0n) is 23.3. The van der Waals surface area contributed by atoms with Crippen molar-refractivity contribution in [1.29, 1.82) is 0 Å². The third kappa shape index (κ3) is 6.53. The monoisotopic (exact) mass is 639 g/mol. The largest absolute Gasteiger partial charge is 0.507 e. The van der Waals surface area contributed by atoms with E-state index in [1.54, 1.807) is 24.3 Å². The minimum atomic E-state index is -1.07. The van der Waals surface area contributed by atoms with E-state index in [0.717, 1.165) is 23.3 Å². The third-order valence-corrected chi connectivity index (χ3v) is 8.99. The molecule has 1 atom stereocenters. The van der Waals surface area contributed by atoms with Gasteiger partial charge in [-0.2, -0.15) is 0 Å². The van der Waals surface area contributed by atoms with Crippen LogP contribution in [0.15, 0.2) is 76.6 Å². The molecule has 0 bridgehead atoms. The SMILES string of the molecule is CCCOc1ccc(C2C(=C(O)c3ccc(F)cc3)C(=O)C(=O)N2c2nnc(SCc3ccccc3Cl)s2)cc1OCC. The molecular weight excluding hydrogens is 613 g/mol. The predicted octanol–water partition coefficient (Wildman–Crippen LogP) is 7.44. The molecule has 0 radical (unpaired) electrons. The zero-order chi connectivity index (χ0) is 30.5. The lowest BCUT2D eigenvalue weighted by Gasteiger charge is -2.23. The summed E-state index contributed by atoms with van der Waals surface area (Å²) in [6.45, 7) is 4.65. The summed E-state index contributed by atoms with van der Waals surface area (Å²) in [5.41, 5.74) is 1.42. The van der Waals surface area contributed by atoms with Gasteiger partial charge < -0.3 is 14.6 Å². The number of aliphatic hydroxyl groups is 1. The number of hydrogen-bond donors (Lipinski definition) is 1. The second kappa shape index (κ2) is 13.6. The minimum absolute atomic E-state index is 0.165. The van der Waals surface area contributed by atoms with Crippen molar-refractivity contribution in [3.05, 3.63) is 99.8 Å². The maximum atomic E-state index is 13.7. The van der Waals surface area contributed by atoms with E-state index in [9.17, 15) is 19.1 Å². The van der Waals surface area contributed by atoms with Gasteiger partial charge in [-0.1, -0.05) is 65.9 Å². The first kappa shape index (κ1) is 30.5. The van der Waals surface area contributed by atoms with Crippen molar-refractivity contribution in [3.8, 4) is 11.5 Å². The maximum absolute atomic E-state index is 13.7. The Morgan fingerprint density at radius 3 is 2.53 bits per heavy atom. The molecule has 1 N–H and O–H groups in total. The smallest absolute Gasteiger partial charge is 0.301 e. The second-order valence-electron chi connectivity index (χ2n) is 9.39. The van der Waals surface area contributed by atoms with E-state index in [2.05, 4.69) is 10.2 Å². The Bertz CT molecular complexity index is 1680. The molecular formula is C31H27ClFN3O5S2. The van der Waals surface area contributed by atoms with Gasteiger partial charge in [0.1, 0.15) is 11.6 Å². The molecule has 1 fully saturated rings. The van der Waals surface area contributed by atoms with Crippen LogP contribution in [0.25, 0.3) is 5.76 Å². The molecule has 1 amide bonds. The molecule has 5 rings (SSSR count). The summed E-state index contributed by atoms with van der Waals surface area (Å²) in [6, 6.07) is 16.5. The fourth-order valence-electron chi connectivity index (χ4n) is 4.52. The number of hydrogen-bond acceptors (Lipinski definition) is 9. The summed E-state index contributed by atoms with van der Waals surface area (Å²) in [5.74, 6) is -1.27. The van der Waals surface area contributed by atoms with Crippen LogP contribution in [0.2, 0.25) is 5.02 Å². The van der Waals surface area contributed by atoms with E-state index < -0.39 is 29.3 Å². The number of halogens is 2. The lowest BCUT2D eigenvalue weighted by molar-refractivity contribution is -0.132. The molecule has 1 unspecified atom stereocenters. The van der Waals surface area contributed by atoms with Gasteiger partial charge >= 0.3 is 5.91 Å². The van der Waals surface area contributed by atoms with E-state index >= 15 is 0 Å². The number of carbonyl (C=O) groups excluding carboxylic acids is 2. The van der Waals surface area contributed by atoms with Crippen molar-refractivity contribution in [3.63, 3.8) is 0 Å². The summed E-state index contributed by atoms with van der Waals surface area (Å²) in [7, 11) is 0. The average Bonchev–Trinajstić information content (AvgIpc) is 3.58. The first-order valence-electron chi connectivity index (χ1n) is 13.5. The fraction of sp³-hybridized carbons (Fsp3) is 0.226. The van der Waals surface area contributed by atoms with Gasteiger partial charge in [-0.15, -0.1) is 10.2 Å². The molecule has 12 heteroatoms. The van der Waals surface area contributed by atoms with Crippen LogP contribution < -0.4 is 14.4 Å². The molecule has 1 saturated heterocycles. The number of ketones is 1. The number of aromatic nitrogens is 2. The number of ether oxygens (including phenoxy) is 2. The molecule has 1 aliphatic rings. The summed E-state index contributed by atoms with van der Waals surface area (Å²) in [4.78, 5) is 28.3. The lowest BCUT2D eigenvalue weighted by Crippen LogP contribution is -2.29. The number of rotatable bonds is 11. The highest BCUT2D eigenvalue weighted by Crippen LogP contribution is 2.45. The van der Waals surface area contributed by atoms with Crippen LogP contribution in [0.1, 0.15) is 43.0 Å². The quantitative estimate of drug-likeness (QED) is 0.0594. The van der Waals surface area contributed by atoms with E-state index in [4.69, 9.17) is 21.1 Å². The van der Waals surface area contributed by atoms with Gasteiger partial charge in [-0.05, 0) is 66.9 Å². The first-order valence-corrected chi connectivity index (χ1v) is 15.7. The standard InChI is InChI=1S/C31H27ClFN3O5S2/c1-3-15-41-23-14-11-19(16-24(23)40-4-2)26-25(27(37)18-9-12-21(33)13-10-18)28(38)29(39)36(26)30-34-35-31(43-30)42-17-20-7-5-6-8-22(20)32/h5-14,16,26,37H,3-4,15,17H2,1-2H3. The molecule has 3 aromatic carbocycles. The van der Waals surface area contributed by atoms with Crippen LogP contribution in [0.3, 0.4) is 0 Å². The van der Waals surface area contributed by atoms with Crippen LogP contribution >= 0.6 is 34.7 Å². The van der Waals surface area contributed by atoms with Gasteiger partial charge in [0.15, 0.2) is 15.8 Å². The first-order chi connectivity index (χ1) is 20.8. The van der Waals surface area contributed by atoms with Gasteiger partial charge in [0.2, 0.25) is 5.13 Å². The van der Waals surface area contributed by atoms with Crippen molar-refractivity contribution >= 4 is 57.3 Å². The van der Waals surface area contributed by atoms with E-state index in [1.807, 2.05) is 32.0 Å². The lowest BCUT2D eigenvalue weighted by atomic mass is 9.95. The van der Waals surface area contributed by atoms with E-state index in [1.165, 1.54) is 40.9 Å². The Kier molecular flexibility index (Phi) is 9.64. The summed E-state index contributed by atoms with van der Waals surface area (Å²) >= 11 is 8.83. The van der Waals surface area contributed by atoms with E-state index in [-0.39, 0.29) is 16.3 Å². The number of carbonyl (C=O) groups is 2. The van der Waals surface area contributed by atoms with Crippen molar-refractivity contribution < 1.29 is 28.6 Å². The Morgan fingerprint density at radius 1 is 1.05 bits per heavy atom. The Balaban J connectivity index is 1.58. The Hall–Kier alpha value is -3.93. The number of nitrogens with zero attached hydrogens (tertiary/aromatic N) is 3. The topological polar surface area (TPSA) is 102 Å². The van der Waals surface area contributed by atoms with Crippen LogP contribution in [-0.4, -0.2) is 40.2 Å². The summed E-state index contributed by atoms with van der Waals surface area (Å²) in [5, 5.41) is 20.6. The zero-order valence-corrected chi connectivity index (χ0v) is 25.6. The molecule has 2 heterocycles. The number of thioether (sulfide) groups is 1. The molecule has 4 aromatic rings. The minimum Gasteiger partial charge on any atom is -0.507 e.